The molecule has 0 saturated heterocycles. The van der Waals surface area contributed by atoms with Gasteiger partial charge in [0, 0.05) is 32.3 Å². The number of carbonyl (C=O) groups excluding carboxylic acids is 2. The lowest BCUT2D eigenvalue weighted by Crippen LogP contribution is -2.05. The second-order valence-electron chi connectivity index (χ2n) is 9.24. The molecule has 3 aromatic carbocycles. The summed E-state index contributed by atoms with van der Waals surface area (Å²) in [7, 11) is 0. The summed E-state index contributed by atoms with van der Waals surface area (Å²) in [5, 5.41) is 5.07. The van der Waals surface area contributed by atoms with Gasteiger partial charge in [-0.1, -0.05) is 72.8 Å². The molecule has 6 aromatic rings. The number of aromatic amines is 3. The van der Waals surface area contributed by atoms with Crippen molar-refractivity contribution >= 4 is 68.3 Å². The maximum absolute atomic E-state index is 12.5. The number of esters is 2. The Kier molecular flexibility index (Phi) is 6.91. The predicted molar refractivity (Wildman–Crippen MR) is 161 cm³/mol. The first-order valence-electron chi connectivity index (χ1n) is 13.3. The summed E-state index contributed by atoms with van der Waals surface area (Å²) in [6.45, 7) is 4.12. The van der Waals surface area contributed by atoms with E-state index >= 15 is 0 Å². The third-order valence-electron chi connectivity index (χ3n) is 6.77. The summed E-state index contributed by atoms with van der Waals surface area (Å²) in [4.78, 5) is 44.1. The van der Waals surface area contributed by atoms with Gasteiger partial charge < -0.3 is 24.4 Å². The van der Waals surface area contributed by atoms with Crippen LogP contribution >= 0.6 is 0 Å². The number of hydrogen-bond acceptors (Lipinski definition) is 6. The first-order chi connectivity index (χ1) is 20.1. The van der Waals surface area contributed by atoms with Crippen LogP contribution in [0.1, 0.15) is 46.2 Å². The van der Waals surface area contributed by atoms with Gasteiger partial charge in [-0.25, -0.2) is 19.6 Å². The lowest BCUT2D eigenvalue weighted by molar-refractivity contribution is 0.0513. The molecule has 3 N–H and O–H groups in total. The van der Waals surface area contributed by atoms with Gasteiger partial charge in [0.15, 0.2) is 0 Å². The number of ether oxygens (including phenoxy) is 2. The van der Waals surface area contributed by atoms with Crippen molar-refractivity contribution in [1.82, 2.24) is 15.0 Å². The topological polar surface area (TPSA) is 125 Å². The zero-order valence-corrected chi connectivity index (χ0v) is 22.5. The van der Waals surface area contributed by atoms with Crippen molar-refractivity contribution < 1.29 is 19.1 Å². The first kappa shape index (κ1) is 25.8. The van der Waals surface area contributed by atoms with Crippen molar-refractivity contribution in [3.05, 3.63) is 95.6 Å². The van der Waals surface area contributed by atoms with Crippen molar-refractivity contribution in [1.29, 1.82) is 0 Å². The summed E-state index contributed by atoms with van der Waals surface area (Å²) >= 11 is 0. The van der Waals surface area contributed by atoms with Gasteiger partial charge in [-0.05, 0) is 13.8 Å². The zero-order valence-electron chi connectivity index (χ0n) is 22.5. The van der Waals surface area contributed by atoms with E-state index in [0.717, 1.165) is 43.7 Å². The van der Waals surface area contributed by atoms with Crippen molar-refractivity contribution in [2.45, 2.75) is 13.8 Å². The van der Waals surface area contributed by atoms with Crippen molar-refractivity contribution in [2.24, 2.45) is 9.98 Å². The van der Waals surface area contributed by atoms with Gasteiger partial charge in [-0.15, -0.1) is 0 Å². The molecule has 0 amide bonds. The molecule has 9 nitrogen and oxygen atoms in total. The highest BCUT2D eigenvalue weighted by Gasteiger charge is 2.18. The fraction of sp³-hybridized carbons (Fsp3) is 0.125. The molecule has 0 fully saturated rings. The quantitative estimate of drug-likeness (QED) is 0.141. The van der Waals surface area contributed by atoms with Crippen molar-refractivity contribution in [3.8, 4) is 0 Å². The van der Waals surface area contributed by atoms with Gasteiger partial charge >= 0.3 is 11.9 Å². The lowest BCUT2D eigenvalue weighted by Gasteiger charge is -1.98. The Morgan fingerprint density at radius 1 is 0.585 bits per heavy atom. The van der Waals surface area contributed by atoms with Crippen LogP contribution in [0.15, 0.2) is 82.8 Å². The summed E-state index contributed by atoms with van der Waals surface area (Å²) in [6.07, 6.45) is 3.46. The molecule has 3 aromatic heterocycles. The fourth-order valence-corrected chi connectivity index (χ4v) is 4.95. The second kappa shape index (κ2) is 11.0. The van der Waals surface area contributed by atoms with Gasteiger partial charge in [0.05, 0.1) is 37.0 Å². The Morgan fingerprint density at radius 2 is 0.951 bits per heavy atom. The van der Waals surface area contributed by atoms with E-state index in [4.69, 9.17) is 19.5 Å². The van der Waals surface area contributed by atoms with Crippen molar-refractivity contribution in [3.63, 3.8) is 0 Å². The van der Waals surface area contributed by atoms with E-state index in [9.17, 15) is 9.59 Å². The maximum Gasteiger partial charge on any atom is 0.355 e. The van der Waals surface area contributed by atoms with Crippen LogP contribution in [0, 0.1) is 0 Å². The minimum atomic E-state index is -0.420. The molecule has 9 heteroatoms. The molecule has 204 valence electrons. The van der Waals surface area contributed by atoms with E-state index in [0.29, 0.717) is 23.0 Å². The number of nitrogens with one attached hydrogen (secondary N) is 3. The average Bonchev–Trinajstić information content (AvgIpc) is 3.67. The largest absolute Gasteiger partial charge is 0.461 e. The number of aliphatic imine (C=N–C) groups is 2. The number of carbonyl (C=O) groups is 2. The van der Waals surface area contributed by atoms with Crippen LogP contribution in [-0.2, 0) is 9.47 Å². The van der Waals surface area contributed by atoms with Crippen LogP contribution in [0.25, 0.3) is 32.3 Å². The third-order valence-corrected chi connectivity index (χ3v) is 6.77. The normalized spacial score (nSPS) is 11.9. The number of benzene rings is 3. The highest BCUT2D eigenvalue weighted by atomic mass is 16.5. The van der Waals surface area contributed by atoms with Gasteiger partial charge in [-0.3, -0.25) is 0 Å². The smallest absolute Gasteiger partial charge is 0.355 e. The summed E-state index contributed by atoms with van der Waals surface area (Å²) in [5.41, 5.74) is 2.31. The van der Waals surface area contributed by atoms with Crippen LogP contribution in [0.2, 0.25) is 0 Å². The minimum Gasteiger partial charge on any atom is -0.461 e. The van der Waals surface area contributed by atoms with E-state index in [1.807, 2.05) is 72.8 Å². The molecular weight excluding hydrogens is 518 g/mol. The number of nitrogens with zero attached hydrogens (tertiary/aromatic N) is 2. The first-order valence-corrected chi connectivity index (χ1v) is 13.3. The average molecular weight is 546 g/mol. The molecule has 0 aliphatic rings. The zero-order chi connectivity index (χ0) is 28.3. The SMILES string of the molecule is CCOC(=O)c1[nH]c(/N=C/c2[nH]c(/C=N/c3[nH]c(C(=O)OCC)c4ccccc34)c3ccccc23)c2ccccc12. The van der Waals surface area contributed by atoms with E-state index in [2.05, 4.69) is 15.0 Å². The molecule has 3 heterocycles. The number of H-pyrrole nitrogens is 3. The minimum absolute atomic E-state index is 0.284. The molecule has 0 saturated carbocycles. The monoisotopic (exact) mass is 545 g/mol. The van der Waals surface area contributed by atoms with Gasteiger partial charge in [-0.2, -0.15) is 0 Å². The van der Waals surface area contributed by atoms with Crippen LogP contribution in [0.5, 0.6) is 0 Å². The Morgan fingerprint density at radius 3 is 1.34 bits per heavy atom. The highest BCUT2D eigenvalue weighted by molar-refractivity contribution is 6.11. The molecule has 0 aliphatic heterocycles. The lowest BCUT2D eigenvalue weighted by atomic mass is 10.1. The third kappa shape index (κ3) is 4.78. The van der Waals surface area contributed by atoms with Gasteiger partial charge in [0.1, 0.15) is 23.0 Å². The van der Waals surface area contributed by atoms with E-state index in [-0.39, 0.29) is 13.2 Å². The molecular formula is C32H27N5O4. The summed E-state index contributed by atoms with van der Waals surface area (Å²) < 4.78 is 10.4. The molecule has 6 rings (SSSR count). The molecule has 41 heavy (non-hydrogen) atoms. The Labute approximate surface area is 234 Å². The second-order valence-corrected chi connectivity index (χ2v) is 9.24. The Hall–Kier alpha value is -5.44. The molecule has 0 unspecified atom stereocenters. The molecule has 0 radical (unpaired) electrons. The standard InChI is InChI=1S/C32H27N5O4/c1-3-40-31(38)27-21-13-7-9-15-23(21)29(36-27)33-17-25-19-11-5-6-12-20(19)26(35-25)18-34-30-24-16-10-8-14-22(24)28(37-30)32(39)41-4-2/h5-18,35-37H,3-4H2,1-2H3/b33-17+,34-18+. The van der Waals surface area contributed by atoms with Crippen LogP contribution in [-0.4, -0.2) is 52.5 Å². The van der Waals surface area contributed by atoms with Crippen LogP contribution in [0.4, 0.5) is 11.6 Å². The van der Waals surface area contributed by atoms with Gasteiger partial charge in [0.25, 0.3) is 0 Å². The van der Waals surface area contributed by atoms with Crippen molar-refractivity contribution in [2.75, 3.05) is 13.2 Å². The highest BCUT2D eigenvalue weighted by Crippen LogP contribution is 2.31. The molecule has 0 aliphatic carbocycles. The predicted octanol–water partition coefficient (Wildman–Crippen LogP) is 6.99. The van der Waals surface area contributed by atoms with Crippen LogP contribution < -0.4 is 0 Å². The molecule has 0 bridgehead atoms. The number of hydrogen-bond donors (Lipinski definition) is 3. The summed E-state index contributed by atoms with van der Waals surface area (Å²) in [5.74, 6) is 0.276. The fourth-order valence-electron chi connectivity index (χ4n) is 4.95. The Bertz CT molecular complexity index is 1830. The Balaban J connectivity index is 1.38. The van der Waals surface area contributed by atoms with Gasteiger partial charge in [0.2, 0.25) is 0 Å². The number of fused-ring (bicyclic) bond motifs is 3. The molecule has 0 atom stereocenters. The van der Waals surface area contributed by atoms with Crippen LogP contribution in [0.3, 0.4) is 0 Å². The van der Waals surface area contributed by atoms with E-state index in [1.54, 1.807) is 26.3 Å². The number of rotatable bonds is 8. The number of aromatic nitrogens is 3. The summed E-state index contributed by atoms with van der Waals surface area (Å²) in [6, 6.07) is 23.0. The van der Waals surface area contributed by atoms with E-state index in [1.165, 1.54) is 0 Å². The maximum atomic E-state index is 12.5. The van der Waals surface area contributed by atoms with E-state index < -0.39 is 11.9 Å². The molecule has 0 spiro atoms.